The third-order valence-corrected chi connectivity index (χ3v) is 2.74. The fourth-order valence-electron chi connectivity index (χ4n) is 1.80. The van der Waals surface area contributed by atoms with Crippen molar-refractivity contribution in [3.8, 4) is 0 Å². The first-order chi connectivity index (χ1) is 9.13. The largest absolute Gasteiger partial charge is 0.397 e. The topological polar surface area (TPSA) is 59.2 Å². The molecule has 1 aromatic heterocycles. The molecule has 0 aliphatic heterocycles. The molecule has 19 heavy (non-hydrogen) atoms. The summed E-state index contributed by atoms with van der Waals surface area (Å²) in [5.41, 5.74) is 7.19. The fraction of sp³-hybridized carbons (Fsp3) is 0.143. The standard InChI is InChI=1S/C14H14FN3O/c1-2-18(13-6-4-3-5-11(13)16)14(19)12-8-7-10(15)9-17-12/h3-9H,2,16H2,1H3. The fourth-order valence-corrected chi connectivity index (χ4v) is 1.80. The quantitative estimate of drug-likeness (QED) is 0.861. The molecule has 2 aromatic rings. The molecule has 98 valence electrons. The number of nitrogens with zero attached hydrogens (tertiary/aromatic N) is 2. The van der Waals surface area contributed by atoms with Gasteiger partial charge in [-0.2, -0.15) is 0 Å². The molecule has 4 nitrogen and oxygen atoms in total. The van der Waals surface area contributed by atoms with E-state index < -0.39 is 5.82 Å². The number of carbonyl (C=O) groups excluding carboxylic acids is 1. The number of nitrogens with two attached hydrogens (primary N) is 1. The van der Waals surface area contributed by atoms with Crippen molar-refractivity contribution in [3.63, 3.8) is 0 Å². The molecular formula is C14H14FN3O. The van der Waals surface area contributed by atoms with E-state index in [9.17, 15) is 9.18 Å². The summed E-state index contributed by atoms with van der Waals surface area (Å²) in [5.74, 6) is -0.778. The van der Waals surface area contributed by atoms with Crippen LogP contribution in [-0.2, 0) is 0 Å². The number of rotatable bonds is 3. The lowest BCUT2D eigenvalue weighted by Crippen LogP contribution is -2.31. The number of nitrogen functional groups attached to an aromatic ring is 1. The van der Waals surface area contributed by atoms with Gasteiger partial charge in [0.15, 0.2) is 0 Å². The van der Waals surface area contributed by atoms with Crippen molar-refractivity contribution in [1.29, 1.82) is 0 Å². The Kier molecular flexibility index (Phi) is 3.75. The molecule has 0 spiro atoms. The Balaban J connectivity index is 2.35. The summed E-state index contributed by atoms with van der Waals surface area (Å²) < 4.78 is 12.8. The normalized spacial score (nSPS) is 10.2. The monoisotopic (exact) mass is 259 g/mol. The summed E-state index contributed by atoms with van der Waals surface area (Å²) >= 11 is 0. The minimum Gasteiger partial charge on any atom is -0.397 e. The second-order valence-electron chi connectivity index (χ2n) is 3.97. The zero-order chi connectivity index (χ0) is 13.8. The maximum atomic E-state index is 12.8. The van der Waals surface area contributed by atoms with Gasteiger partial charge in [0.2, 0.25) is 0 Å². The third-order valence-electron chi connectivity index (χ3n) is 2.74. The van der Waals surface area contributed by atoms with E-state index in [1.165, 1.54) is 17.0 Å². The molecule has 1 aromatic carbocycles. The number of para-hydroxylation sites is 2. The average molecular weight is 259 g/mol. The van der Waals surface area contributed by atoms with E-state index in [1.807, 2.05) is 6.92 Å². The van der Waals surface area contributed by atoms with Crippen LogP contribution in [0.25, 0.3) is 0 Å². The number of amides is 1. The first-order valence-electron chi connectivity index (χ1n) is 5.91. The van der Waals surface area contributed by atoms with Crippen LogP contribution in [0, 0.1) is 5.82 Å². The molecule has 0 radical (unpaired) electrons. The summed E-state index contributed by atoms with van der Waals surface area (Å²) in [7, 11) is 0. The lowest BCUT2D eigenvalue weighted by molar-refractivity contribution is 0.0983. The Morgan fingerprint density at radius 1 is 1.32 bits per heavy atom. The molecule has 0 saturated heterocycles. The summed E-state index contributed by atoms with van der Waals surface area (Å²) in [6, 6.07) is 9.67. The Bertz CT molecular complexity index is 583. The van der Waals surface area contributed by atoms with Crippen LogP contribution in [0.1, 0.15) is 17.4 Å². The van der Waals surface area contributed by atoms with Gasteiger partial charge >= 0.3 is 0 Å². The molecule has 1 amide bonds. The highest BCUT2D eigenvalue weighted by atomic mass is 19.1. The van der Waals surface area contributed by atoms with Gasteiger partial charge in [-0.25, -0.2) is 9.37 Å². The van der Waals surface area contributed by atoms with E-state index in [4.69, 9.17) is 5.73 Å². The van der Waals surface area contributed by atoms with E-state index in [0.29, 0.717) is 17.9 Å². The number of anilines is 2. The second-order valence-corrected chi connectivity index (χ2v) is 3.97. The number of benzene rings is 1. The maximum Gasteiger partial charge on any atom is 0.276 e. The molecule has 0 unspecified atom stereocenters. The summed E-state index contributed by atoms with van der Waals surface area (Å²) in [4.78, 5) is 17.6. The molecule has 2 N–H and O–H groups in total. The van der Waals surface area contributed by atoms with Crippen molar-refractivity contribution in [2.75, 3.05) is 17.2 Å². The highest BCUT2D eigenvalue weighted by Crippen LogP contribution is 2.23. The van der Waals surface area contributed by atoms with Gasteiger partial charge in [-0.1, -0.05) is 12.1 Å². The number of aromatic nitrogens is 1. The van der Waals surface area contributed by atoms with E-state index in [2.05, 4.69) is 4.98 Å². The van der Waals surface area contributed by atoms with Crippen molar-refractivity contribution in [1.82, 2.24) is 4.98 Å². The van der Waals surface area contributed by atoms with Gasteiger partial charge in [0, 0.05) is 6.54 Å². The van der Waals surface area contributed by atoms with Gasteiger partial charge in [-0.3, -0.25) is 4.79 Å². The maximum absolute atomic E-state index is 12.8. The number of pyridine rings is 1. The first kappa shape index (κ1) is 13.0. The van der Waals surface area contributed by atoms with Crippen LogP contribution in [0.4, 0.5) is 15.8 Å². The third kappa shape index (κ3) is 2.70. The minimum absolute atomic E-state index is 0.187. The number of halogens is 1. The van der Waals surface area contributed by atoms with Crippen LogP contribution in [0.15, 0.2) is 42.6 Å². The molecule has 0 saturated carbocycles. The van der Waals surface area contributed by atoms with Crippen LogP contribution >= 0.6 is 0 Å². The summed E-state index contributed by atoms with van der Waals surface area (Å²) in [6.45, 7) is 2.29. The van der Waals surface area contributed by atoms with E-state index in [-0.39, 0.29) is 11.6 Å². The molecule has 0 aliphatic carbocycles. The Morgan fingerprint density at radius 3 is 2.63 bits per heavy atom. The van der Waals surface area contributed by atoms with Gasteiger partial charge in [-0.05, 0) is 31.2 Å². The van der Waals surface area contributed by atoms with Crippen LogP contribution in [0.3, 0.4) is 0 Å². The van der Waals surface area contributed by atoms with Gasteiger partial charge in [0.05, 0.1) is 17.6 Å². The number of carbonyl (C=O) groups is 1. The van der Waals surface area contributed by atoms with E-state index >= 15 is 0 Å². The predicted octanol–water partition coefficient (Wildman–Crippen LogP) is 2.47. The summed E-state index contributed by atoms with van der Waals surface area (Å²) in [6.07, 6.45) is 1.02. The first-order valence-corrected chi connectivity index (χ1v) is 5.91. The highest BCUT2D eigenvalue weighted by molar-refractivity contribution is 6.06. The van der Waals surface area contributed by atoms with Crippen molar-refractivity contribution in [2.45, 2.75) is 6.92 Å². The second kappa shape index (κ2) is 5.48. The smallest absolute Gasteiger partial charge is 0.276 e. The SMILES string of the molecule is CCN(C(=O)c1ccc(F)cn1)c1ccccc1N. The van der Waals surface area contributed by atoms with Crippen molar-refractivity contribution in [2.24, 2.45) is 0 Å². The Labute approximate surface area is 110 Å². The van der Waals surface area contributed by atoms with Crippen LogP contribution in [0.2, 0.25) is 0 Å². The predicted molar refractivity (Wildman–Crippen MR) is 72.4 cm³/mol. The van der Waals surface area contributed by atoms with Crippen LogP contribution in [-0.4, -0.2) is 17.4 Å². The van der Waals surface area contributed by atoms with E-state index in [0.717, 1.165) is 6.20 Å². The Hall–Kier alpha value is -2.43. The Morgan fingerprint density at radius 2 is 2.05 bits per heavy atom. The zero-order valence-electron chi connectivity index (χ0n) is 10.5. The van der Waals surface area contributed by atoms with Crippen LogP contribution in [0.5, 0.6) is 0 Å². The van der Waals surface area contributed by atoms with Gasteiger partial charge < -0.3 is 10.6 Å². The number of hydrogen-bond acceptors (Lipinski definition) is 3. The molecule has 0 fully saturated rings. The van der Waals surface area contributed by atoms with Gasteiger partial charge in [0.25, 0.3) is 5.91 Å². The van der Waals surface area contributed by atoms with Gasteiger partial charge in [0.1, 0.15) is 11.5 Å². The molecule has 1 heterocycles. The van der Waals surface area contributed by atoms with Crippen LogP contribution < -0.4 is 10.6 Å². The van der Waals surface area contributed by atoms with Crippen molar-refractivity contribution in [3.05, 3.63) is 54.1 Å². The summed E-state index contributed by atoms with van der Waals surface area (Å²) in [5, 5.41) is 0. The van der Waals surface area contributed by atoms with Gasteiger partial charge in [-0.15, -0.1) is 0 Å². The minimum atomic E-state index is -0.473. The molecule has 5 heteroatoms. The highest BCUT2D eigenvalue weighted by Gasteiger charge is 2.18. The molecule has 0 aliphatic rings. The lowest BCUT2D eigenvalue weighted by atomic mass is 10.2. The number of hydrogen-bond donors (Lipinski definition) is 1. The zero-order valence-corrected chi connectivity index (χ0v) is 10.5. The average Bonchev–Trinajstić information content (AvgIpc) is 2.42. The molecule has 2 rings (SSSR count). The molecule has 0 atom stereocenters. The van der Waals surface area contributed by atoms with E-state index in [1.54, 1.807) is 24.3 Å². The lowest BCUT2D eigenvalue weighted by Gasteiger charge is -2.22. The molecular weight excluding hydrogens is 245 g/mol. The van der Waals surface area contributed by atoms with Crippen molar-refractivity contribution < 1.29 is 9.18 Å². The molecule has 0 bridgehead atoms. The van der Waals surface area contributed by atoms with Crippen molar-refractivity contribution >= 4 is 17.3 Å².